The Kier molecular flexibility index (Phi) is 10.3. The minimum atomic E-state index is 0.913. The van der Waals surface area contributed by atoms with E-state index in [2.05, 4.69) is 46.1 Å². The second-order valence-corrected chi connectivity index (χ2v) is 7.84. The summed E-state index contributed by atoms with van der Waals surface area (Å²) in [5.74, 6) is 1.89. The smallest absolute Gasteiger partial charge is 0.191 e. The predicted molar refractivity (Wildman–Crippen MR) is 112 cm³/mol. The minimum Gasteiger partial charge on any atom is -0.357 e. The Hall–Kier alpha value is -0.850. The van der Waals surface area contributed by atoms with Crippen molar-refractivity contribution in [2.45, 2.75) is 40.0 Å². The summed E-state index contributed by atoms with van der Waals surface area (Å²) < 4.78 is 0. The lowest BCUT2D eigenvalue weighted by atomic mass is 9.99. The summed E-state index contributed by atoms with van der Waals surface area (Å²) in [5, 5.41) is 6.89. The van der Waals surface area contributed by atoms with Gasteiger partial charge in [-0.05, 0) is 58.3 Å². The van der Waals surface area contributed by atoms with Crippen LogP contribution >= 0.6 is 0 Å². The van der Waals surface area contributed by atoms with Crippen molar-refractivity contribution in [3.05, 3.63) is 0 Å². The van der Waals surface area contributed by atoms with Crippen LogP contribution in [-0.2, 0) is 0 Å². The highest BCUT2D eigenvalue weighted by molar-refractivity contribution is 5.79. The zero-order valence-electron chi connectivity index (χ0n) is 17.5. The quantitative estimate of drug-likeness (QED) is 0.366. The Labute approximate surface area is 161 Å². The molecule has 0 aromatic heterocycles. The average molecular weight is 367 g/mol. The fraction of sp³-hybridized carbons (Fsp3) is 0.950. The largest absolute Gasteiger partial charge is 0.357 e. The summed E-state index contributed by atoms with van der Waals surface area (Å²) in [6.07, 6.45) is 3.88. The molecule has 0 bridgehead atoms. The molecule has 2 N–H and O–H groups in total. The van der Waals surface area contributed by atoms with Gasteiger partial charge in [0.2, 0.25) is 0 Å². The van der Waals surface area contributed by atoms with Crippen molar-refractivity contribution in [1.82, 2.24) is 25.3 Å². The second-order valence-electron chi connectivity index (χ2n) is 7.84. The van der Waals surface area contributed by atoms with E-state index < -0.39 is 0 Å². The molecule has 2 aliphatic heterocycles. The van der Waals surface area contributed by atoms with Gasteiger partial charge in [-0.25, -0.2) is 0 Å². The van der Waals surface area contributed by atoms with Crippen LogP contribution in [0.1, 0.15) is 40.0 Å². The van der Waals surface area contributed by atoms with E-state index in [1.807, 2.05) is 0 Å². The molecular formula is C20H42N6. The summed E-state index contributed by atoms with van der Waals surface area (Å²) in [7, 11) is 0. The first kappa shape index (κ1) is 21.5. The number of aliphatic imine (C=N–C) groups is 1. The van der Waals surface area contributed by atoms with Gasteiger partial charge in [0.25, 0.3) is 0 Å². The van der Waals surface area contributed by atoms with Crippen LogP contribution in [0.25, 0.3) is 0 Å². The first-order valence-electron chi connectivity index (χ1n) is 10.9. The van der Waals surface area contributed by atoms with Crippen LogP contribution in [0, 0.1) is 5.92 Å². The fourth-order valence-electron chi connectivity index (χ4n) is 3.77. The Morgan fingerprint density at radius 2 is 1.54 bits per heavy atom. The Bertz CT molecular complexity index is 384. The SMILES string of the molecule is CCNC(=NCCCN1CCC(C)CC1)NCCN1CCN(CC)CC1. The van der Waals surface area contributed by atoms with Gasteiger partial charge in [-0.2, -0.15) is 0 Å². The van der Waals surface area contributed by atoms with Crippen molar-refractivity contribution >= 4 is 5.96 Å². The van der Waals surface area contributed by atoms with Crippen LogP contribution < -0.4 is 10.6 Å². The number of likely N-dealkylation sites (tertiary alicyclic amines) is 1. The van der Waals surface area contributed by atoms with Crippen LogP contribution in [0.5, 0.6) is 0 Å². The fourth-order valence-corrected chi connectivity index (χ4v) is 3.77. The summed E-state index contributed by atoms with van der Waals surface area (Å²) in [4.78, 5) is 12.4. The third-order valence-electron chi connectivity index (χ3n) is 5.76. The Morgan fingerprint density at radius 1 is 0.885 bits per heavy atom. The van der Waals surface area contributed by atoms with Crippen molar-refractivity contribution in [2.75, 3.05) is 78.5 Å². The first-order valence-corrected chi connectivity index (χ1v) is 10.9. The monoisotopic (exact) mass is 366 g/mol. The van der Waals surface area contributed by atoms with Crippen LogP contribution in [0.15, 0.2) is 4.99 Å². The maximum atomic E-state index is 4.76. The summed E-state index contributed by atoms with van der Waals surface area (Å²) in [6.45, 7) is 20.4. The van der Waals surface area contributed by atoms with Gasteiger partial charge in [0, 0.05) is 52.4 Å². The highest BCUT2D eigenvalue weighted by atomic mass is 15.3. The van der Waals surface area contributed by atoms with Crippen molar-refractivity contribution in [1.29, 1.82) is 0 Å². The van der Waals surface area contributed by atoms with E-state index in [1.165, 1.54) is 65.2 Å². The number of likely N-dealkylation sites (N-methyl/N-ethyl adjacent to an activating group) is 1. The molecule has 0 atom stereocenters. The number of nitrogens with zero attached hydrogens (tertiary/aromatic N) is 4. The van der Waals surface area contributed by atoms with Crippen LogP contribution in [0.4, 0.5) is 0 Å². The number of piperazine rings is 1. The van der Waals surface area contributed by atoms with Crippen LogP contribution in [0.2, 0.25) is 0 Å². The molecule has 0 radical (unpaired) electrons. The first-order chi connectivity index (χ1) is 12.7. The van der Waals surface area contributed by atoms with Gasteiger partial charge in [0.05, 0.1) is 0 Å². The minimum absolute atomic E-state index is 0.913. The Balaban J connectivity index is 1.58. The molecule has 6 heteroatoms. The molecule has 26 heavy (non-hydrogen) atoms. The highest BCUT2D eigenvalue weighted by Crippen LogP contribution is 2.15. The van der Waals surface area contributed by atoms with E-state index in [0.29, 0.717) is 0 Å². The normalized spacial score (nSPS) is 21.9. The zero-order valence-corrected chi connectivity index (χ0v) is 17.5. The molecule has 6 nitrogen and oxygen atoms in total. The average Bonchev–Trinajstić information content (AvgIpc) is 2.67. The molecular weight excluding hydrogens is 324 g/mol. The topological polar surface area (TPSA) is 46.1 Å². The number of hydrogen-bond acceptors (Lipinski definition) is 4. The lowest BCUT2D eigenvalue weighted by Gasteiger charge is -2.34. The molecule has 2 fully saturated rings. The molecule has 0 spiro atoms. The number of piperidine rings is 1. The maximum Gasteiger partial charge on any atom is 0.191 e. The predicted octanol–water partition coefficient (Wildman–Crippen LogP) is 1.30. The van der Waals surface area contributed by atoms with E-state index in [1.54, 1.807) is 0 Å². The molecule has 0 unspecified atom stereocenters. The van der Waals surface area contributed by atoms with Crippen molar-refractivity contribution in [3.8, 4) is 0 Å². The molecule has 2 aliphatic rings. The lowest BCUT2D eigenvalue weighted by Crippen LogP contribution is -2.49. The lowest BCUT2D eigenvalue weighted by molar-refractivity contribution is 0.139. The van der Waals surface area contributed by atoms with Gasteiger partial charge in [0.1, 0.15) is 0 Å². The van der Waals surface area contributed by atoms with Gasteiger partial charge >= 0.3 is 0 Å². The van der Waals surface area contributed by atoms with Gasteiger partial charge in [-0.1, -0.05) is 13.8 Å². The number of rotatable bonds is 9. The van der Waals surface area contributed by atoms with Crippen LogP contribution in [-0.4, -0.2) is 99.2 Å². The third kappa shape index (κ3) is 8.23. The third-order valence-corrected chi connectivity index (χ3v) is 5.76. The molecule has 0 aliphatic carbocycles. The van der Waals surface area contributed by atoms with Gasteiger partial charge in [-0.15, -0.1) is 0 Å². The van der Waals surface area contributed by atoms with Crippen LogP contribution in [0.3, 0.4) is 0 Å². The molecule has 0 aromatic carbocycles. The van der Waals surface area contributed by atoms with E-state index in [-0.39, 0.29) is 0 Å². The summed E-state index contributed by atoms with van der Waals surface area (Å²) in [6, 6.07) is 0. The molecule has 2 saturated heterocycles. The number of hydrogen-bond donors (Lipinski definition) is 2. The molecule has 0 saturated carbocycles. The standard InChI is InChI=1S/C20H42N6/c1-4-21-20(22-9-6-11-25-12-7-19(3)8-13-25)23-10-14-26-17-15-24(5-2)16-18-26/h19H,4-18H2,1-3H3,(H2,21,22,23). The van der Waals surface area contributed by atoms with Crippen molar-refractivity contribution in [3.63, 3.8) is 0 Å². The second kappa shape index (κ2) is 12.5. The molecule has 2 rings (SSSR count). The maximum absolute atomic E-state index is 4.76. The Morgan fingerprint density at radius 3 is 2.19 bits per heavy atom. The highest BCUT2D eigenvalue weighted by Gasteiger charge is 2.15. The summed E-state index contributed by atoms with van der Waals surface area (Å²) >= 11 is 0. The van der Waals surface area contributed by atoms with E-state index in [0.717, 1.165) is 44.5 Å². The van der Waals surface area contributed by atoms with E-state index in [4.69, 9.17) is 4.99 Å². The van der Waals surface area contributed by atoms with E-state index >= 15 is 0 Å². The van der Waals surface area contributed by atoms with Gasteiger partial charge < -0.3 is 20.4 Å². The van der Waals surface area contributed by atoms with Crippen molar-refractivity contribution in [2.24, 2.45) is 10.9 Å². The van der Waals surface area contributed by atoms with Gasteiger partial charge in [0.15, 0.2) is 5.96 Å². The number of guanidine groups is 1. The zero-order chi connectivity index (χ0) is 18.6. The number of nitrogens with one attached hydrogen (secondary N) is 2. The summed E-state index contributed by atoms with van der Waals surface area (Å²) in [5.41, 5.74) is 0. The molecule has 2 heterocycles. The molecule has 0 aromatic rings. The van der Waals surface area contributed by atoms with Gasteiger partial charge in [-0.3, -0.25) is 9.89 Å². The molecule has 0 amide bonds. The van der Waals surface area contributed by atoms with Crippen molar-refractivity contribution < 1.29 is 0 Å². The molecule has 152 valence electrons. The van der Waals surface area contributed by atoms with E-state index in [9.17, 15) is 0 Å².